The van der Waals surface area contributed by atoms with Crippen molar-refractivity contribution >= 4 is 0 Å². The number of hydrogen-bond donors (Lipinski definition) is 2. The molecular weight excluding hydrogens is 307 g/mol. The van der Waals surface area contributed by atoms with Crippen LogP contribution in [0.2, 0.25) is 0 Å². The first-order chi connectivity index (χ1) is 9.16. The molecule has 0 aromatic heterocycles. The molecule has 122 valence electrons. The van der Waals surface area contributed by atoms with E-state index in [-0.39, 0.29) is 24.8 Å². The van der Waals surface area contributed by atoms with Crippen molar-refractivity contribution in [3.05, 3.63) is 29.8 Å². The van der Waals surface area contributed by atoms with Gasteiger partial charge in [-0.1, -0.05) is 26.0 Å². The van der Waals surface area contributed by atoms with Gasteiger partial charge in [-0.05, 0) is 30.5 Å². The van der Waals surface area contributed by atoms with Gasteiger partial charge >= 0.3 is 0 Å². The van der Waals surface area contributed by atoms with Gasteiger partial charge in [-0.25, -0.2) is 0 Å². The Hall–Kier alpha value is -0.480. The van der Waals surface area contributed by atoms with Crippen molar-refractivity contribution in [1.29, 1.82) is 0 Å². The van der Waals surface area contributed by atoms with Gasteiger partial charge in [-0.2, -0.15) is 0 Å². The Balaban J connectivity index is 0.00000200. The molecule has 3 nitrogen and oxygen atoms in total. The van der Waals surface area contributed by atoms with Crippen molar-refractivity contribution in [2.24, 2.45) is 0 Å². The summed E-state index contributed by atoms with van der Waals surface area (Å²) in [6.07, 6.45) is 0. The van der Waals surface area contributed by atoms with Crippen LogP contribution < -0.4 is 39.8 Å². The Labute approximate surface area is 141 Å². The molecule has 1 aromatic carbocycles. The zero-order valence-electron chi connectivity index (χ0n) is 13.2. The molecule has 1 atom stereocenters. The maximum Gasteiger partial charge on any atom is 0.140 e. The summed E-state index contributed by atoms with van der Waals surface area (Å²) in [6, 6.07) is 9.13. The Kier molecular flexibility index (Phi) is 10.0. The number of quaternary nitrogens is 2. The fraction of sp³-hybridized carbons (Fsp3) is 0.625. The first-order valence-electron chi connectivity index (χ1n) is 7.56. The number of ether oxygens (including phenoxy) is 1. The van der Waals surface area contributed by atoms with E-state index in [9.17, 15) is 0 Å². The van der Waals surface area contributed by atoms with Crippen molar-refractivity contribution in [3.63, 3.8) is 0 Å². The predicted octanol–water partition coefficient (Wildman–Crippen LogP) is -5.95. The minimum atomic E-state index is 0. The van der Waals surface area contributed by atoms with Crippen LogP contribution in [-0.4, -0.2) is 38.8 Å². The van der Waals surface area contributed by atoms with E-state index in [2.05, 4.69) is 50.4 Å². The topological polar surface area (TPSA) is 30.3 Å². The second kappa shape index (κ2) is 10.3. The SMILES string of the molecule is CC(C)c1ccc(OCC(C)[NH+]2CC[NH2+]CC2)cc1.[Cl-].[Cl-]. The van der Waals surface area contributed by atoms with Gasteiger partial charge in [0.25, 0.3) is 0 Å². The number of benzene rings is 1. The quantitative estimate of drug-likeness (QED) is 0.552. The van der Waals surface area contributed by atoms with E-state index >= 15 is 0 Å². The summed E-state index contributed by atoms with van der Waals surface area (Å²) in [5, 5.41) is 2.40. The van der Waals surface area contributed by atoms with Gasteiger partial charge in [0.2, 0.25) is 0 Å². The van der Waals surface area contributed by atoms with Crippen LogP contribution in [0.5, 0.6) is 5.75 Å². The maximum absolute atomic E-state index is 5.92. The first-order valence-corrected chi connectivity index (χ1v) is 7.56. The predicted molar refractivity (Wildman–Crippen MR) is 77.8 cm³/mol. The van der Waals surface area contributed by atoms with Crippen LogP contribution in [-0.2, 0) is 0 Å². The van der Waals surface area contributed by atoms with Gasteiger partial charge in [0.05, 0.1) is 0 Å². The van der Waals surface area contributed by atoms with Crippen molar-refractivity contribution in [1.82, 2.24) is 0 Å². The van der Waals surface area contributed by atoms with E-state index in [1.54, 1.807) is 4.90 Å². The van der Waals surface area contributed by atoms with Gasteiger partial charge in [-0.15, -0.1) is 0 Å². The van der Waals surface area contributed by atoms with E-state index < -0.39 is 0 Å². The summed E-state index contributed by atoms with van der Waals surface area (Å²) in [7, 11) is 0. The minimum Gasteiger partial charge on any atom is -1.00 e. The lowest BCUT2D eigenvalue weighted by Gasteiger charge is -2.27. The van der Waals surface area contributed by atoms with E-state index in [0.717, 1.165) is 12.4 Å². The molecular formula is C16H28Cl2N2O. The molecule has 1 unspecified atom stereocenters. The van der Waals surface area contributed by atoms with E-state index in [1.807, 2.05) is 0 Å². The Morgan fingerprint density at radius 2 is 1.62 bits per heavy atom. The lowest BCUT2D eigenvalue weighted by atomic mass is 10.0. The van der Waals surface area contributed by atoms with Gasteiger partial charge in [-0.3, -0.25) is 0 Å². The average molecular weight is 335 g/mol. The lowest BCUT2D eigenvalue weighted by molar-refractivity contribution is -0.965. The molecule has 1 heterocycles. The highest BCUT2D eigenvalue weighted by Crippen LogP contribution is 2.18. The van der Waals surface area contributed by atoms with Gasteiger partial charge in [0.15, 0.2) is 0 Å². The molecule has 0 bridgehead atoms. The van der Waals surface area contributed by atoms with Crippen molar-refractivity contribution < 1.29 is 39.8 Å². The Bertz CT molecular complexity index is 378. The van der Waals surface area contributed by atoms with Crippen LogP contribution in [0.25, 0.3) is 0 Å². The first kappa shape index (κ1) is 20.5. The average Bonchev–Trinajstić information content (AvgIpc) is 2.46. The summed E-state index contributed by atoms with van der Waals surface area (Å²) < 4.78 is 5.92. The summed E-state index contributed by atoms with van der Waals surface area (Å²) in [6.45, 7) is 12.6. The third kappa shape index (κ3) is 6.43. The van der Waals surface area contributed by atoms with Crippen LogP contribution in [0, 0.1) is 0 Å². The molecule has 0 saturated carbocycles. The van der Waals surface area contributed by atoms with E-state index in [4.69, 9.17) is 4.74 Å². The molecule has 1 aromatic rings. The number of halogens is 2. The summed E-state index contributed by atoms with van der Waals surface area (Å²) in [5.74, 6) is 1.58. The van der Waals surface area contributed by atoms with Gasteiger partial charge in [0.1, 0.15) is 44.6 Å². The highest BCUT2D eigenvalue weighted by Gasteiger charge is 2.22. The number of rotatable bonds is 5. The van der Waals surface area contributed by atoms with Crippen LogP contribution in [0.1, 0.15) is 32.3 Å². The smallest absolute Gasteiger partial charge is 0.140 e. The number of nitrogens with two attached hydrogens (primary N) is 1. The van der Waals surface area contributed by atoms with Crippen molar-refractivity contribution in [3.8, 4) is 5.75 Å². The summed E-state index contributed by atoms with van der Waals surface area (Å²) >= 11 is 0. The Morgan fingerprint density at radius 3 is 2.14 bits per heavy atom. The second-order valence-electron chi connectivity index (χ2n) is 5.96. The van der Waals surface area contributed by atoms with Gasteiger partial charge in [0, 0.05) is 0 Å². The number of hydrogen-bond acceptors (Lipinski definition) is 1. The normalized spacial score (nSPS) is 16.8. The third-order valence-electron chi connectivity index (χ3n) is 4.08. The molecule has 2 rings (SSSR count). The molecule has 3 N–H and O–H groups in total. The molecule has 21 heavy (non-hydrogen) atoms. The molecule has 0 radical (unpaired) electrons. The molecule has 1 fully saturated rings. The molecule has 1 aliphatic rings. The second-order valence-corrected chi connectivity index (χ2v) is 5.96. The zero-order chi connectivity index (χ0) is 13.7. The maximum atomic E-state index is 5.92. The monoisotopic (exact) mass is 334 g/mol. The van der Waals surface area contributed by atoms with Crippen LogP contribution >= 0.6 is 0 Å². The van der Waals surface area contributed by atoms with E-state index in [1.165, 1.54) is 31.7 Å². The van der Waals surface area contributed by atoms with E-state index in [0.29, 0.717) is 12.0 Å². The summed E-state index contributed by atoms with van der Waals surface area (Å²) in [5.41, 5.74) is 1.37. The van der Waals surface area contributed by atoms with Crippen LogP contribution in [0.3, 0.4) is 0 Å². The van der Waals surface area contributed by atoms with Crippen molar-refractivity contribution in [2.45, 2.75) is 32.7 Å². The van der Waals surface area contributed by atoms with Crippen LogP contribution in [0.15, 0.2) is 24.3 Å². The van der Waals surface area contributed by atoms with Crippen molar-refractivity contribution in [2.75, 3.05) is 32.8 Å². The third-order valence-corrected chi connectivity index (χ3v) is 4.08. The molecule has 5 heteroatoms. The highest BCUT2D eigenvalue weighted by molar-refractivity contribution is 5.28. The summed E-state index contributed by atoms with van der Waals surface area (Å²) in [4.78, 5) is 1.68. The number of nitrogens with one attached hydrogen (secondary N) is 1. The van der Waals surface area contributed by atoms with Gasteiger partial charge < -0.3 is 39.8 Å². The molecule has 0 amide bonds. The molecule has 1 saturated heterocycles. The molecule has 0 spiro atoms. The minimum absolute atomic E-state index is 0. The van der Waals surface area contributed by atoms with Crippen LogP contribution in [0.4, 0.5) is 0 Å². The molecule has 1 aliphatic heterocycles. The largest absolute Gasteiger partial charge is 1.00 e. The lowest BCUT2D eigenvalue weighted by Crippen LogP contribution is -3.23. The Morgan fingerprint density at radius 1 is 1.05 bits per heavy atom. The number of piperazine rings is 1. The fourth-order valence-electron chi connectivity index (χ4n) is 2.63. The zero-order valence-corrected chi connectivity index (χ0v) is 14.8. The highest BCUT2D eigenvalue weighted by atomic mass is 35.5. The standard InChI is InChI=1S/C16H26N2O.2ClH/c1-13(2)15-4-6-16(7-5-15)19-12-14(3)18-10-8-17-9-11-18;;/h4-7,13-14,17H,8-12H2,1-3H3;2*1H. The molecule has 0 aliphatic carbocycles. The fourth-order valence-corrected chi connectivity index (χ4v) is 2.63.